The first kappa shape index (κ1) is 7.88. The molecule has 54 valence electrons. The number of hydrogen-bond donors (Lipinski definition) is 0. The van der Waals surface area contributed by atoms with E-state index in [0.29, 0.717) is 0 Å². The first-order chi connectivity index (χ1) is 4.74. The molecule has 2 nitrogen and oxygen atoms in total. The molecule has 4 heteroatoms. The van der Waals surface area contributed by atoms with Crippen molar-refractivity contribution in [3.05, 3.63) is 15.0 Å². The maximum atomic E-state index is 10.3. The van der Waals surface area contributed by atoms with E-state index in [1.54, 1.807) is 6.20 Å². The maximum Gasteiger partial charge on any atom is 0.159 e. The fraction of sp³-hybridized carbons (Fsp3) is 0.333. The molecule has 0 saturated heterocycles. The van der Waals surface area contributed by atoms with E-state index >= 15 is 0 Å². The van der Waals surface area contributed by atoms with Crippen LogP contribution < -0.4 is 0 Å². The van der Waals surface area contributed by atoms with Gasteiger partial charge in [0.25, 0.3) is 0 Å². The zero-order chi connectivity index (χ0) is 7.56. The first-order valence-electron chi connectivity index (χ1n) is 2.80. The second kappa shape index (κ2) is 3.25. The van der Waals surface area contributed by atoms with Crippen molar-refractivity contribution >= 4 is 33.6 Å². The van der Waals surface area contributed by atoms with Crippen LogP contribution in [0.5, 0.6) is 0 Å². The average molecular weight is 220 g/mol. The van der Waals surface area contributed by atoms with E-state index in [0.717, 1.165) is 15.1 Å². The van der Waals surface area contributed by atoms with Crippen molar-refractivity contribution in [3.63, 3.8) is 0 Å². The summed E-state index contributed by atoms with van der Waals surface area (Å²) in [5.74, 6) is -0.0243. The number of carbonyl (C=O) groups excluding carboxylic acids is 1. The highest BCUT2D eigenvalue weighted by atomic mass is 79.9. The molecule has 1 aromatic heterocycles. The minimum absolute atomic E-state index is 0.0243. The molecule has 0 aliphatic carbocycles. The number of nitrogens with zero attached hydrogens (tertiary/aromatic N) is 1. The van der Waals surface area contributed by atoms with Gasteiger partial charge in [0, 0.05) is 17.0 Å². The Labute approximate surface area is 71.4 Å². The molecular weight excluding hydrogens is 214 g/mol. The van der Waals surface area contributed by atoms with E-state index in [1.165, 1.54) is 11.3 Å². The molecule has 0 saturated carbocycles. The van der Waals surface area contributed by atoms with Crippen LogP contribution in [0.2, 0.25) is 0 Å². The van der Waals surface area contributed by atoms with Crippen LogP contribution in [0.15, 0.2) is 10.1 Å². The monoisotopic (exact) mass is 219 g/mol. The number of aldehydes is 1. The number of rotatable bonds is 2. The summed E-state index contributed by atoms with van der Waals surface area (Å²) in [7, 11) is 0. The summed E-state index contributed by atoms with van der Waals surface area (Å²) in [5.41, 5.74) is 0. The summed E-state index contributed by atoms with van der Waals surface area (Å²) in [5, 5.41) is 0. The first-order valence-corrected chi connectivity index (χ1v) is 4.41. The summed E-state index contributed by atoms with van der Waals surface area (Å²) < 4.78 is 0.830. The van der Waals surface area contributed by atoms with Gasteiger partial charge in [-0.1, -0.05) is 6.92 Å². The third kappa shape index (κ3) is 1.64. The minimum atomic E-state index is -0.0243. The fourth-order valence-corrected chi connectivity index (χ4v) is 1.85. The van der Waals surface area contributed by atoms with E-state index in [9.17, 15) is 4.79 Å². The van der Waals surface area contributed by atoms with Gasteiger partial charge in [-0.2, -0.15) is 0 Å². The van der Waals surface area contributed by atoms with Crippen LogP contribution in [-0.4, -0.2) is 11.3 Å². The zero-order valence-electron chi connectivity index (χ0n) is 5.37. The number of thiazole rings is 1. The topological polar surface area (TPSA) is 30.0 Å². The number of halogens is 1. The molecule has 1 unspecified atom stereocenters. The number of carbonyl (C=O) groups is 1. The fourth-order valence-electron chi connectivity index (χ4n) is 0.542. The normalized spacial score (nSPS) is 13.0. The summed E-state index contributed by atoms with van der Waals surface area (Å²) in [4.78, 5) is 15.2. The van der Waals surface area contributed by atoms with Crippen molar-refractivity contribution in [2.45, 2.75) is 12.8 Å². The van der Waals surface area contributed by atoms with Crippen molar-refractivity contribution in [1.29, 1.82) is 0 Å². The minimum Gasteiger partial charge on any atom is -0.303 e. The van der Waals surface area contributed by atoms with Gasteiger partial charge in [-0.05, 0) is 15.9 Å². The molecule has 1 rings (SSSR count). The Morgan fingerprint density at radius 2 is 2.60 bits per heavy atom. The van der Waals surface area contributed by atoms with E-state index < -0.39 is 0 Å². The second-order valence-corrected chi connectivity index (χ2v) is 4.28. The molecule has 1 aromatic rings. The van der Waals surface area contributed by atoms with E-state index in [2.05, 4.69) is 20.9 Å². The predicted molar refractivity (Wildman–Crippen MR) is 44.3 cm³/mol. The molecule has 0 amide bonds. The van der Waals surface area contributed by atoms with Crippen LogP contribution in [-0.2, 0) is 4.79 Å². The maximum absolute atomic E-state index is 10.3. The predicted octanol–water partition coefficient (Wildman–Crippen LogP) is 2.21. The Morgan fingerprint density at radius 1 is 1.90 bits per heavy atom. The number of hydrogen-bond acceptors (Lipinski definition) is 3. The van der Waals surface area contributed by atoms with Crippen LogP contribution in [0.1, 0.15) is 17.7 Å². The number of aromatic nitrogens is 1. The standard InChI is InChI=1S/C6H6BrNOS/c1-4(3-9)5-2-8-6(7)10-5/h2-4H,1H3. The average Bonchev–Trinajstić information content (AvgIpc) is 2.34. The van der Waals surface area contributed by atoms with Crippen LogP contribution in [0.3, 0.4) is 0 Å². The Bertz CT molecular complexity index is 235. The zero-order valence-corrected chi connectivity index (χ0v) is 7.78. The van der Waals surface area contributed by atoms with Crippen LogP contribution >= 0.6 is 27.3 Å². The highest BCUT2D eigenvalue weighted by molar-refractivity contribution is 9.11. The lowest BCUT2D eigenvalue weighted by Gasteiger charge is -1.93. The van der Waals surface area contributed by atoms with Gasteiger partial charge in [-0.25, -0.2) is 4.98 Å². The van der Waals surface area contributed by atoms with Gasteiger partial charge in [0.15, 0.2) is 3.92 Å². The van der Waals surface area contributed by atoms with Crippen LogP contribution in [0.25, 0.3) is 0 Å². The third-order valence-electron chi connectivity index (χ3n) is 1.15. The smallest absolute Gasteiger partial charge is 0.159 e. The molecule has 0 aromatic carbocycles. The lowest BCUT2D eigenvalue weighted by atomic mass is 10.2. The highest BCUT2D eigenvalue weighted by Crippen LogP contribution is 2.24. The molecule has 0 N–H and O–H groups in total. The highest BCUT2D eigenvalue weighted by Gasteiger charge is 2.06. The molecule has 0 aliphatic heterocycles. The third-order valence-corrected chi connectivity index (χ3v) is 2.83. The summed E-state index contributed by atoms with van der Waals surface area (Å²) >= 11 is 4.72. The van der Waals surface area contributed by atoms with Crippen molar-refractivity contribution < 1.29 is 4.79 Å². The van der Waals surface area contributed by atoms with Gasteiger partial charge in [0.1, 0.15) is 6.29 Å². The molecule has 0 bridgehead atoms. The lowest BCUT2D eigenvalue weighted by Crippen LogP contribution is -1.88. The lowest BCUT2D eigenvalue weighted by molar-refractivity contribution is -0.108. The SMILES string of the molecule is CC(C=O)c1cnc(Br)s1. The van der Waals surface area contributed by atoms with Gasteiger partial charge in [0.2, 0.25) is 0 Å². The molecular formula is C6H6BrNOS. The van der Waals surface area contributed by atoms with Crippen LogP contribution in [0, 0.1) is 0 Å². The molecule has 0 aliphatic rings. The summed E-state index contributed by atoms with van der Waals surface area (Å²) in [6, 6.07) is 0. The molecule has 0 fully saturated rings. The Kier molecular flexibility index (Phi) is 2.56. The van der Waals surface area contributed by atoms with Gasteiger partial charge < -0.3 is 4.79 Å². The molecule has 0 radical (unpaired) electrons. The molecule has 1 atom stereocenters. The summed E-state index contributed by atoms with van der Waals surface area (Å²) in [6.45, 7) is 1.85. The van der Waals surface area contributed by atoms with E-state index in [1.807, 2.05) is 6.92 Å². The Balaban J connectivity index is 2.84. The van der Waals surface area contributed by atoms with Gasteiger partial charge in [-0.15, -0.1) is 11.3 Å². The Morgan fingerprint density at radius 3 is 3.00 bits per heavy atom. The van der Waals surface area contributed by atoms with Gasteiger partial charge in [0.05, 0.1) is 0 Å². The molecule has 0 spiro atoms. The Hall–Kier alpha value is -0.220. The van der Waals surface area contributed by atoms with Crippen molar-refractivity contribution in [2.24, 2.45) is 0 Å². The molecule has 10 heavy (non-hydrogen) atoms. The largest absolute Gasteiger partial charge is 0.303 e. The van der Waals surface area contributed by atoms with Crippen molar-refractivity contribution in [1.82, 2.24) is 4.98 Å². The summed E-state index contributed by atoms with van der Waals surface area (Å²) in [6.07, 6.45) is 2.63. The quantitative estimate of drug-likeness (QED) is 0.715. The van der Waals surface area contributed by atoms with Crippen molar-refractivity contribution in [3.8, 4) is 0 Å². The van der Waals surface area contributed by atoms with Crippen LogP contribution in [0.4, 0.5) is 0 Å². The van der Waals surface area contributed by atoms with E-state index in [4.69, 9.17) is 0 Å². The van der Waals surface area contributed by atoms with Gasteiger partial charge >= 0.3 is 0 Å². The van der Waals surface area contributed by atoms with Gasteiger partial charge in [-0.3, -0.25) is 0 Å². The molecule has 1 heterocycles. The van der Waals surface area contributed by atoms with Crippen molar-refractivity contribution in [2.75, 3.05) is 0 Å². The van der Waals surface area contributed by atoms with E-state index in [-0.39, 0.29) is 5.92 Å². The second-order valence-electron chi connectivity index (χ2n) is 1.94.